The van der Waals surface area contributed by atoms with Crippen molar-refractivity contribution in [2.75, 3.05) is 18.4 Å². The van der Waals surface area contributed by atoms with Gasteiger partial charge in [0.2, 0.25) is 15.9 Å². The van der Waals surface area contributed by atoms with Crippen LogP contribution in [0.2, 0.25) is 0 Å². The molecule has 3 rings (SSSR count). The van der Waals surface area contributed by atoms with Gasteiger partial charge >= 0.3 is 5.97 Å². The molecule has 32 heavy (non-hydrogen) atoms. The van der Waals surface area contributed by atoms with E-state index >= 15 is 0 Å². The van der Waals surface area contributed by atoms with E-state index in [9.17, 15) is 23.1 Å². The number of rotatable bonds is 11. The maximum Gasteiger partial charge on any atom is 0.323 e. The highest BCUT2D eigenvalue weighted by molar-refractivity contribution is 7.89. The average Bonchev–Trinajstić information content (AvgIpc) is 2.79. The zero-order valence-corrected chi connectivity index (χ0v) is 18.5. The monoisotopic (exact) mass is 460 g/mol. The van der Waals surface area contributed by atoms with Gasteiger partial charge in [-0.3, -0.25) is 9.59 Å². The van der Waals surface area contributed by atoms with Crippen molar-refractivity contribution in [3.63, 3.8) is 0 Å². The van der Waals surface area contributed by atoms with Crippen LogP contribution in [0.1, 0.15) is 36.9 Å². The van der Waals surface area contributed by atoms with Crippen LogP contribution in [-0.4, -0.2) is 49.5 Å². The van der Waals surface area contributed by atoms with Crippen LogP contribution >= 0.6 is 0 Å². The summed E-state index contributed by atoms with van der Waals surface area (Å²) in [5.41, 5.74) is 2.20. The summed E-state index contributed by atoms with van der Waals surface area (Å²) in [7, 11) is -4.00. The number of aryl methyl sites for hydroxylation is 2. The van der Waals surface area contributed by atoms with E-state index in [1.165, 1.54) is 17.7 Å². The van der Waals surface area contributed by atoms with Gasteiger partial charge in [0.05, 0.1) is 4.90 Å². The molecule has 2 aromatic rings. The van der Waals surface area contributed by atoms with Crippen molar-refractivity contribution in [3.8, 4) is 0 Å². The standard InChI is InChI=1S/C22H28N4O5S/c27-20(11-5-4-8-17-13-12-16-7-6-14-23-21(16)25-17)24-15-19(22(28)29)26-32(30,31)18-9-2-1-3-10-18/h1-3,9-10,12-13,19,26H,4-8,11,14-15H2,(H,23,25)(H,24,27)(H,28,29)/t19-/m0/s1. The van der Waals surface area contributed by atoms with E-state index in [0.717, 1.165) is 43.7 Å². The van der Waals surface area contributed by atoms with Crippen molar-refractivity contribution in [1.82, 2.24) is 15.0 Å². The number of hydrogen-bond acceptors (Lipinski definition) is 6. The molecule has 1 aromatic heterocycles. The third-order valence-corrected chi connectivity index (χ3v) is 6.68. The predicted molar refractivity (Wildman–Crippen MR) is 120 cm³/mol. The van der Waals surface area contributed by atoms with Gasteiger partial charge in [0.25, 0.3) is 0 Å². The van der Waals surface area contributed by atoms with E-state index in [2.05, 4.69) is 26.4 Å². The van der Waals surface area contributed by atoms with Crippen LogP contribution in [0.25, 0.3) is 0 Å². The third-order valence-electron chi connectivity index (χ3n) is 5.19. The summed E-state index contributed by atoms with van der Waals surface area (Å²) in [5.74, 6) is -0.740. The molecule has 4 N–H and O–H groups in total. The number of anilines is 1. The summed E-state index contributed by atoms with van der Waals surface area (Å²) in [4.78, 5) is 28.1. The molecule has 0 aliphatic carbocycles. The number of nitrogens with zero attached hydrogens (tertiary/aromatic N) is 1. The summed E-state index contributed by atoms with van der Waals surface area (Å²) in [6, 6.07) is 10.1. The normalized spacial score (nSPS) is 14.1. The van der Waals surface area contributed by atoms with Gasteiger partial charge in [0, 0.05) is 25.2 Å². The topological polar surface area (TPSA) is 137 Å². The number of aliphatic carboxylic acids is 1. The van der Waals surface area contributed by atoms with Crippen LogP contribution in [0.5, 0.6) is 0 Å². The van der Waals surface area contributed by atoms with E-state index in [1.54, 1.807) is 18.2 Å². The molecule has 0 fully saturated rings. The number of carbonyl (C=O) groups is 2. The molecule has 172 valence electrons. The SMILES string of the molecule is O=C(CCCCc1ccc2c(n1)NCCC2)NC[C@H](NS(=O)(=O)c1ccccc1)C(=O)O. The summed E-state index contributed by atoms with van der Waals surface area (Å²) in [6.07, 6.45) is 4.50. The first-order valence-electron chi connectivity index (χ1n) is 10.6. The van der Waals surface area contributed by atoms with Crippen LogP contribution in [0.4, 0.5) is 5.82 Å². The van der Waals surface area contributed by atoms with Crippen LogP contribution in [-0.2, 0) is 32.5 Å². The van der Waals surface area contributed by atoms with Crippen LogP contribution in [0.3, 0.4) is 0 Å². The molecule has 0 saturated carbocycles. The van der Waals surface area contributed by atoms with Gasteiger partial charge < -0.3 is 15.7 Å². The number of sulfonamides is 1. The second-order valence-corrected chi connectivity index (χ2v) is 9.39. The molecule has 10 heteroatoms. The van der Waals surface area contributed by atoms with Gasteiger partial charge in [-0.05, 0) is 55.9 Å². The second-order valence-electron chi connectivity index (χ2n) is 7.68. The lowest BCUT2D eigenvalue weighted by Crippen LogP contribution is -2.48. The van der Waals surface area contributed by atoms with Crippen molar-refractivity contribution in [2.45, 2.75) is 49.5 Å². The lowest BCUT2D eigenvalue weighted by atomic mass is 10.1. The van der Waals surface area contributed by atoms with Crippen LogP contribution in [0.15, 0.2) is 47.4 Å². The minimum absolute atomic E-state index is 0.0384. The molecule has 0 bridgehead atoms. The van der Waals surface area contributed by atoms with E-state index in [0.29, 0.717) is 6.42 Å². The smallest absolute Gasteiger partial charge is 0.323 e. The number of hydrogen-bond donors (Lipinski definition) is 4. The minimum atomic E-state index is -4.00. The Bertz CT molecular complexity index is 1040. The van der Waals surface area contributed by atoms with Gasteiger partial charge in [-0.1, -0.05) is 24.3 Å². The fourth-order valence-corrected chi connectivity index (χ4v) is 4.65. The van der Waals surface area contributed by atoms with Crippen molar-refractivity contribution >= 4 is 27.7 Å². The molecular weight excluding hydrogens is 432 g/mol. The average molecular weight is 461 g/mol. The van der Waals surface area contributed by atoms with Gasteiger partial charge in [-0.25, -0.2) is 13.4 Å². The molecule has 1 amide bonds. The summed E-state index contributed by atoms with van der Waals surface area (Å²) in [5, 5.41) is 15.1. The Balaban J connectivity index is 1.41. The Labute approximate surface area is 187 Å². The first-order valence-corrected chi connectivity index (χ1v) is 12.1. The quantitative estimate of drug-likeness (QED) is 0.375. The molecule has 0 unspecified atom stereocenters. The molecule has 0 radical (unpaired) electrons. The molecule has 1 aliphatic rings. The maximum absolute atomic E-state index is 12.3. The maximum atomic E-state index is 12.3. The number of benzene rings is 1. The number of fused-ring (bicyclic) bond motifs is 1. The lowest BCUT2D eigenvalue weighted by molar-refractivity contribution is -0.138. The number of amides is 1. The van der Waals surface area contributed by atoms with Gasteiger partial charge in [0.1, 0.15) is 11.9 Å². The highest BCUT2D eigenvalue weighted by Gasteiger charge is 2.25. The minimum Gasteiger partial charge on any atom is -0.480 e. The fourth-order valence-electron chi connectivity index (χ4n) is 3.44. The molecule has 1 aromatic carbocycles. The molecule has 0 saturated heterocycles. The lowest BCUT2D eigenvalue weighted by Gasteiger charge is -2.17. The van der Waals surface area contributed by atoms with Crippen LogP contribution in [0, 0.1) is 0 Å². The Morgan fingerprint density at radius 2 is 1.91 bits per heavy atom. The van der Waals surface area contributed by atoms with E-state index < -0.39 is 22.0 Å². The first kappa shape index (κ1) is 23.7. The highest BCUT2D eigenvalue weighted by atomic mass is 32.2. The van der Waals surface area contributed by atoms with Gasteiger partial charge in [-0.15, -0.1) is 0 Å². The van der Waals surface area contributed by atoms with E-state index in [4.69, 9.17) is 0 Å². The predicted octanol–water partition coefficient (Wildman–Crippen LogP) is 1.70. The molecule has 1 atom stereocenters. The summed E-state index contributed by atoms with van der Waals surface area (Å²) in [6.45, 7) is 0.598. The first-order chi connectivity index (χ1) is 15.3. The molecule has 2 heterocycles. The van der Waals surface area contributed by atoms with Gasteiger partial charge in [-0.2, -0.15) is 4.72 Å². The number of carboxylic acid groups (broad SMARTS) is 1. The highest BCUT2D eigenvalue weighted by Crippen LogP contribution is 2.20. The van der Waals surface area contributed by atoms with Crippen molar-refractivity contribution < 1.29 is 23.1 Å². The zero-order valence-electron chi connectivity index (χ0n) is 17.7. The fraction of sp³-hybridized carbons (Fsp3) is 0.409. The number of unbranched alkanes of at least 4 members (excludes halogenated alkanes) is 1. The number of pyridine rings is 1. The molecule has 9 nitrogen and oxygen atoms in total. The second kappa shape index (κ2) is 11.1. The van der Waals surface area contributed by atoms with E-state index in [-0.39, 0.29) is 23.8 Å². The van der Waals surface area contributed by atoms with Gasteiger partial charge in [0.15, 0.2) is 0 Å². The summed E-state index contributed by atoms with van der Waals surface area (Å²) < 4.78 is 26.8. The Morgan fingerprint density at radius 3 is 2.66 bits per heavy atom. The largest absolute Gasteiger partial charge is 0.480 e. The van der Waals surface area contributed by atoms with E-state index in [1.807, 2.05) is 6.07 Å². The molecular formula is C22H28N4O5S. The number of aromatic nitrogens is 1. The Morgan fingerprint density at radius 1 is 1.12 bits per heavy atom. The van der Waals surface area contributed by atoms with Crippen molar-refractivity contribution in [1.29, 1.82) is 0 Å². The number of nitrogens with one attached hydrogen (secondary N) is 3. The third kappa shape index (κ3) is 6.76. The molecule has 0 spiro atoms. The van der Waals surface area contributed by atoms with Crippen LogP contribution < -0.4 is 15.4 Å². The van der Waals surface area contributed by atoms with Crippen molar-refractivity contribution in [3.05, 3.63) is 53.7 Å². The summed E-state index contributed by atoms with van der Waals surface area (Å²) >= 11 is 0. The number of carbonyl (C=O) groups excluding carboxylic acids is 1. The Kier molecular flexibility index (Phi) is 8.18. The van der Waals surface area contributed by atoms with Crippen molar-refractivity contribution in [2.24, 2.45) is 0 Å². The number of carboxylic acids is 1. The zero-order chi connectivity index (χ0) is 23.0. The Hall–Kier alpha value is -2.98. The molecule has 1 aliphatic heterocycles.